The van der Waals surface area contributed by atoms with Crippen LogP contribution in [0.2, 0.25) is 5.02 Å². The molecule has 6 nitrogen and oxygen atoms in total. The number of nitrogens with zero attached hydrogens (tertiary/aromatic N) is 2. The standard InChI is InChI=1S/C21H23ClFN3O3/c1-21-5-2-6-24-15(21)9-25(10-21)18-14(23)7-12-17(16(18)22)26(11-3-4-11)8-13(19(12)27)20(28)29/h7-8,11,15,24H,2-6,9-10H2,1H3,(H,28,29)/t15-,21-/m0/s1. The molecule has 8 heteroatoms. The minimum atomic E-state index is -1.31. The molecule has 2 saturated heterocycles. The number of aromatic carboxylic acids is 1. The molecule has 0 spiro atoms. The lowest BCUT2D eigenvalue weighted by Crippen LogP contribution is -2.47. The number of carboxylic acids is 1. The number of hydrogen-bond donors (Lipinski definition) is 2. The van der Waals surface area contributed by atoms with Crippen molar-refractivity contribution >= 4 is 34.2 Å². The number of aromatic nitrogens is 1. The van der Waals surface area contributed by atoms with Crippen molar-refractivity contribution < 1.29 is 14.3 Å². The predicted octanol–water partition coefficient (Wildman–Crippen LogP) is 3.41. The number of piperidine rings is 1. The highest BCUT2D eigenvalue weighted by atomic mass is 35.5. The van der Waals surface area contributed by atoms with Crippen molar-refractivity contribution in [1.82, 2.24) is 9.88 Å². The van der Waals surface area contributed by atoms with Gasteiger partial charge in [0.05, 0.1) is 21.6 Å². The molecule has 0 amide bonds. The Kier molecular flexibility index (Phi) is 4.19. The topological polar surface area (TPSA) is 74.6 Å². The summed E-state index contributed by atoms with van der Waals surface area (Å²) in [5, 5.41) is 13.2. The van der Waals surface area contributed by atoms with E-state index in [0.717, 1.165) is 32.2 Å². The van der Waals surface area contributed by atoms with Gasteiger partial charge in [-0.25, -0.2) is 9.18 Å². The molecule has 3 aliphatic rings. The van der Waals surface area contributed by atoms with E-state index in [0.29, 0.717) is 24.3 Å². The number of fused-ring (bicyclic) bond motifs is 2. The Labute approximate surface area is 172 Å². The molecule has 0 radical (unpaired) electrons. The van der Waals surface area contributed by atoms with Gasteiger partial charge in [0, 0.05) is 36.8 Å². The first-order valence-electron chi connectivity index (χ1n) is 10.1. The summed E-state index contributed by atoms with van der Waals surface area (Å²) in [5.41, 5.74) is -0.245. The smallest absolute Gasteiger partial charge is 0.341 e. The van der Waals surface area contributed by atoms with Gasteiger partial charge in [-0.15, -0.1) is 0 Å². The second-order valence-electron chi connectivity index (χ2n) is 8.88. The number of carbonyl (C=O) groups is 1. The van der Waals surface area contributed by atoms with Crippen molar-refractivity contribution in [2.75, 3.05) is 24.5 Å². The highest BCUT2D eigenvalue weighted by Gasteiger charge is 2.45. The highest BCUT2D eigenvalue weighted by molar-refractivity contribution is 6.38. The van der Waals surface area contributed by atoms with Gasteiger partial charge in [0.15, 0.2) is 0 Å². The van der Waals surface area contributed by atoms with Crippen LogP contribution in [-0.4, -0.2) is 41.3 Å². The van der Waals surface area contributed by atoms with Crippen LogP contribution in [0, 0.1) is 11.2 Å². The van der Waals surface area contributed by atoms with E-state index in [1.807, 2.05) is 4.90 Å². The minimum Gasteiger partial charge on any atom is -0.477 e. The molecule has 1 saturated carbocycles. The molecule has 2 N–H and O–H groups in total. The highest BCUT2D eigenvalue weighted by Crippen LogP contribution is 2.45. The first-order chi connectivity index (χ1) is 13.8. The molecule has 2 aromatic rings. The zero-order valence-corrected chi connectivity index (χ0v) is 16.9. The predicted molar refractivity (Wildman–Crippen MR) is 110 cm³/mol. The lowest BCUT2D eigenvalue weighted by atomic mass is 9.78. The van der Waals surface area contributed by atoms with Crippen molar-refractivity contribution in [2.45, 2.75) is 44.7 Å². The number of hydrogen-bond acceptors (Lipinski definition) is 4. The Morgan fingerprint density at radius 1 is 1.41 bits per heavy atom. The van der Waals surface area contributed by atoms with E-state index in [9.17, 15) is 14.7 Å². The average Bonchev–Trinajstić information content (AvgIpc) is 3.43. The Morgan fingerprint density at radius 3 is 2.83 bits per heavy atom. The van der Waals surface area contributed by atoms with Crippen LogP contribution in [-0.2, 0) is 0 Å². The summed E-state index contributed by atoms with van der Waals surface area (Å²) < 4.78 is 17.0. The van der Waals surface area contributed by atoms with Crippen LogP contribution in [0.15, 0.2) is 17.1 Å². The summed E-state index contributed by atoms with van der Waals surface area (Å²) >= 11 is 6.74. The molecule has 2 atom stereocenters. The quantitative estimate of drug-likeness (QED) is 0.797. The Balaban J connectivity index is 1.70. The van der Waals surface area contributed by atoms with E-state index in [2.05, 4.69) is 12.2 Å². The Morgan fingerprint density at radius 2 is 2.17 bits per heavy atom. The number of nitrogens with one attached hydrogen (secondary N) is 1. The second kappa shape index (κ2) is 6.44. The van der Waals surface area contributed by atoms with Crippen LogP contribution in [0.25, 0.3) is 10.9 Å². The maximum atomic E-state index is 15.3. The van der Waals surface area contributed by atoms with Crippen molar-refractivity contribution in [3.63, 3.8) is 0 Å². The maximum absolute atomic E-state index is 15.3. The zero-order chi connectivity index (χ0) is 20.5. The molecule has 0 unspecified atom stereocenters. The third-order valence-corrected chi connectivity index (χ3v) is 7.14. The fourth-order valence-electron chi connectivity index (χ4n) is 5.07. The first kappa shape index (κ1) is 18.9. The van der Waals surface area contributed by atoms with Crippen molar-refractivity contribution in [1.29, 1.82) is 0 Å². The molecule has 2 aliphatic heterocycles. The van der Waals surface area contributed by atoms with Crippen LogP contribution < -0.4 is 15.6 Å². The van der Waals surface area contributed by atoms with Crippen LogP contribution in [0.3, 0.4) is 0 Å². The molecular weight excluding hydrogens is 397 g/mol. The molecule has 1 aromatic carbocycles. The van der Waals surface area contributed by atoms with Gasteiger partial charge >= 0.3 is 5.97 Å². The van der Waals surface area contributed by atoms with Crippen LogP contribution in [0.1, 0.15) is 49.0 Å². The summed E-state index contributed by atoms with van der Waals surface area (Å²) in [7, 11) is 0. The summed E-state index contributed by atoms with van der Waals surface area (Å²) in [5.74, 6) is -1.89. The van der Waals surface area contributed by atoms with E-state index in [1.54, 1.807) is 4.57 Å². The van der Waals surface area contributed by atoms with Gasteiger partial charge in [0.2, 0.25) is 5.43 Å². The van der Waals surface area contributed by atoms with Gasteiger partial charge in [-0.2, -0.15) is 0 Å². The molecule has 1 aromatic heterocycles. The summed E-state index contributed by atoms with van der Waals surface area (Å²) in [6, 6.07) is 1.52. The summed E-state index contributed by atoms with van der Waals surface area (Å²) in [6.07, 6.45) is 5.29. The fraction of sp³-hybridized carbons (Fsp3) is 0.524. The number of benzene rings is 1. The van der Waals surface area contributed by atoms with E-state index in [-0.39, 0.29) is 33.5 Å². The fourth-order valence-corrected chi connectivity index (χ4v) is 5.48. The van der Waals surface area contributed by atoms with Gasteiger partial charge < -0.3 is 19.9 Å². The van der Waals surface area contributed by atoms with Gasteiger partial charge in [-0.05, 0) is 38.3 Å². The SMILES string of the molecule is C[C@@]12CCCN[C@H]1CN(c1c(F)cc3c(=O)c(C(=O)O)cn(C4CC4)c3c1Cl)C2. The van der Waals surface area contributed by atoms with Crippen molar-refractivity contribution in [2.24, 2.45) is 5.41 Å². The van der Waals surface area contributed by atoms with Crippen LogP contribution in [0.4, 0.5) is 10.1 Å². The lowest BCUT2D eigenvalue weighted by molar-refractivity contribution is 0.0695. The molecule has 154 valence electrons. The number of anilines is 1. The molecule has 1 aliphatic carbocycles. The summed E-state index contributed by atoms with van der Waals surface area (Å²) in [6.45, 7) is 4.52. The normalized spacial score (nSPS) is 26.7. The van der Waals surface area contributed by atoms with Gasteiger partial charge in [0.25, 0.3) is 0 Å². The molecule has 3 fully saturated rings. The van der Waals surface area contributed by atoms with Gasteiger partial charge in [0.1, 0.15) is 11.4 Å². The third kappa shape index (κ3) is 2.86. The monoisotopic (exact) mass is 419 g/mol. The number of halogens is 2. The van der Waals surface area contributed by atoms with Gasteiger partial charge in [-0.1, -0.05) is 18.5 Å². The zero-order valence-electron chi connectivity index (χ0n) is 16.2. The molecule has 5 rings (SSSR count). The van der Waals surface area contributed by atoms with Gasteiger partial charge in [-0.3, -0.25) is 4.79 Å². The Bertz CT molecular complexity index is 1100. The number of rotatable bonds is 3. The molecule has 0 bridgehead atoms. The lowest BCUT2D eigenvalue weighted by Gasteiger charge is -2.35. The maximum Gasteiger partial charge on any atom is 0.341 e. The van der Waals surface area contributed by atoms with Crippen LogP contribution >= 0.6 is 11.6 Å². The summed E-state index contributed by atoms with van der Waals surface area (Å²) in [4.78, 5) is 26.2. The molecule has 29 heavy (non-hydrogen) atoms. The van der Waals surface area contributed by atoms with Crippen molar-refractivity contribution in [3.05, 3.63) is 38.9 Å². The van der Waals surface area contributed by atoms with E-state index in [1.165, 1.54) is 12.3 Å². The largest absolute Gasteiger partial charge is 0.477 e. The molecular formula is C21H23ClFN3O3. The third-order valence-electron chi connectivity index (χ3n) is 6.78. The molecule has 3 heterocycles. The van der Waals surface area contributed by atoms with E-state index in [4.69, 9.17) is 11.6 Å². The Hall–Kier alpha value is -2.12. The van der Waals surface area contributed by atoms with Crippen LogP contribution in [0.5, 0.6) is 0 Å². The van der Waals surface area contributed by atoms with Crippen molar-refractivity contribution in [3.8, 4) is 0 Å². The average molecular weight is 420 g/mol. The van der Waals surface area contributed by atoms with E-state index < -0.39 is 17.2 Å². The second-order valence-corrected chi connectivity index (χ2v) is 9.26. The number of carboxylic acid groups (broad SMARTS) is 1. The minimum absolute atomic E-state index is 0.0315. The first-order valence-corrected chi connectivity index (χ1v) is 10.5. The van der Waals surface area contributed by atoms with E-state index >= 15 is 4.39 Å². The number of pyridine rings is 1.